The van der Waals surface area contributed by atoms with E-state index in [0.717, 1.165) is 29.0 Å². The Morgan fingerprint density at radius 3 is 2.28 bits per heavy atom. The normalized spacial score (nSPS) is 10.3. The summed E-state index contributed by atoms with van der Waals surface area (Å²) in [5.74, 6) is 3.63. The fraction of sp³-hybridized carbons (Fsp3) is 0.320. The Balaban J connectivity index is 0.00000176. The van der Waals surface area contributed by atoms with Crippen molar-refractivity contribution in [2.75, 3.05) is 31.8 Å². The summed E-state index contributed by atoms with van der Waals surface area (Å²) in [6.07, 6.45) is 7.60. The highest BCUT2D eigenvalue weighted by Crippen LogP contribution is 2.37. The van der Waals surface area contributed by atoms with Crippen molar-refractivity contribution in [2.24, 2.45) is 0 Å². The number of nitrogens with zero attached hydrogens (tertiary/aromatic N) is 6. The average molecular weight is 510 g/mol. The molecule has 0 spiro atoms. The van der Waals surface area contributed by atoms with Crippen LogP contribution < -0.4 is 18.9 Å². The maximum atomic E-state index is 5.65. The van der Waals surface area contributed by atoms with E-state index in [2.05, 4.69) is 29.9 Å². The number of aryl methyl sites for hydroxylation is 2. The molecule has 3 heterocycles. The molecular formula is C25H31N7O3S. The van der Waals surface area contributed by atoms with Crippen LogP contribution >= 0.6 is 11.9 Å². The first-order valence-electron chi connectivity index (χ1n) is 11.5. The molecule has 10 nitrogen and oxygen atoms in total. The number of ether oxygens (including phenoxy) is 3. The fourth-order valence-corrected chi connectivity index (χ4v) is 4.00. The minimum Gasteiger partial charge on any atom is -0.494 e. The van der Waals surface area contributed by atoms with Crippen LogP contribution in [0, 0.1) is 6.92 Å². The van der Waals surface area contributed by atoms with Gasteiger partial charge in [0.05, 0.1) is 39.4 Å². The third-order valence-electron chi connectivity index (χ3n) is 4.94. The Morgan fingerprint density at radius 2 is 1.67 bits per heavy atom. The predicted molar refractivity (Wildman–Crippen MR) is 142 cm³/mol. The number of anilines is 1. The third kappa shape index (κ3) is 6.22. The fourth-order valence-electron chi connectivity index (χ4n) is 3.33. The standard InChI is InChI=1S/C23H25N7O3S.C2H6/c1-15-10-16(12-24-11-15)22-27-28-23(29-34-9-8-17-13-26-20(33-4)14-25-17)30(22)21-18(31-2)6-5-7-19(21)32-3;1-2/h5-7,10-14H,8-9H2,1-4H3,(H,28,29);1-2H3. The Morgan fingerprint density at radius 1 is 0.917 bits per heavy atom. The minimum atomic E-state index is 0.492. The summed E-state index contributed by atoms with van der Waals surface area (Å²) in [5.41, 5.74) is 3.41. The van der Waals surface area contributed by atoms with E-state index >= 15 is 0 Å². The molecule has 0 bridgehead atoms. The van der Waals surface area contributed by atoms with E-state index in [1.54, 1.807) is 46.1 Å². The lowest BCUT2D eigenvalue weighted by Gasteiger charge is -2.17. The van der Waals surface area contributed by atoms with Gasteiger partial charge in [0.1, 0.15) is 17.2 Å². The van der Waals surface area contributed by atoms with E-state index in [1.807, 2.05) is 49.6 Å². The van der Waals surface area contributed by atoms with Crippen LogP contribution in [0.2, 0.25) is 0 Å². The number of hydrogen-bond donors (Lipinski definition) is 1. The second-order valence-electron chi connectivity index (χ2n) is 7.20. The van der Waals surface area contributed by atoms with E-state index in [1.165, 1.54) is 11.9 Å². The van der Waals surface area contributed by atoms with Gasteiger partial charge >= 0.3 is 0 Å². The van der Waals surface area contributed by atoms with Crippen LogP contribution in [-0.4, -0.2) is 56.8 Å². The summed E-state index contributed by atoms with van der Waals surface area (Å²) in [6, 6.07) is 7.62. The molecule has 0 atom stereocenters. The summed E-state index contributed by atoms with van der Waals surface area (Å²) in [7, 11) is 4.81. The molecular weight excluding hydrogens is 478 g/mol. The number of pyridine rings is 1. The van der Waals surface area contributed by atoms with Crippen LogP contribution in [0.15, 0.2) is 49.1 Å². The maximum absolute atomic E-state index is 5.65. The molecule has 0 aliphatic heterocycles. The Kier molecular flexibility index (Phi) is 9.87. The van der Waals surface area contributed by atoms with Gasteiger partial charge in [0.2, 0.25) is 11.8 Å². The summed E-state index contributed by atoms with van der Waals surface area (Å²) in [5, 5.41) is 8.87. The topological polar surface area (TPSA) is 109 Å². The molecule has 0 saturated carbocycles. The highest BCUT2D eigenvalue weighted by Gasteiger charge is 2.22. The van der Waals surface area contributed by atoms with Crippen LogP contribution in [0.5, 0.6) is 17.4 Å². The molecule has 190 valence electrons. The maximum Gasteiger partial charge on any atom is 0.239 e. The first-order chi connectivity index (χ1) is 17.6. The molecule has 1 aromatic carbocycles. The molecule has 11 heteroatoms. The van der Waals surface area contributed by atoms with Gasteiger partial charge in [-0.25, -0.2) is 4.98 Å². The smallest absolute Gasteiger partial charge is 0.239 e. The summed E-state index contributed by atoms with van der Waals surface area (Å²) < 4.78 is 21.6. The van der Waals surface area contributed by atoms with Crippen LogP contribution in [-0.2, 0) is 6.42 Å². The highest BCUT2D eigenvalue weighted by atomic mass is 32.2. The Labute approximate surface area is 215 Å². The molecule has 0 aliphatic carbocycles. The molecule has 1 N–H and O–H groups in total. The second-order valence-corrected chi connectivity index (χ2v) is 8.10. The first-order valence-corrected chi connectivity index (χ1v) is 12.4. The number of nitrogens with one attached hydrogen (secondary N) is 1. The van der Waals surface area contributed by atoms with Gasteiger partial charge in [-0.2, -0.15) is 0 Å². The number of aromatic nitrogens is 6. The third-order valence-corrected chi connectivity index (χ3v) is 5.67. The van der Waals surface area contributed by atoms with E-state index in [4.69, 9.17) is 14.2 Å². The molecule has 0 fully saturated rings. The van der Waals surface area contributed by atoms with E-state index in [9.17, 15) is 0 Å². The lowest BCUT2D eigenvalue weighted by atomic mass is 10.2. The van der Waals surface area contributed by atoms with Crippen LogP contribution in [0.4, 0.5) is 5.95 Å². The number of benzene rings is 1. The lowest BCUT2D eigenvalue weighted by molar-refractivity contribution is 0.391. The highest BCUT2D eigenvalue weighted by molar-refractivity contribution is 8.00. The van der Waals surface area contributed by atoms with Gasteiger partial charge in [-0.3, -0.25) is 19.3 Å². The van der Waals surface area contributed by atoms with Crippen molar-refractivity contribution in [1.82, 2.24) is 29.7 Å². The zero-order valence-corrected chi connectivity index (χ0v) is 22.2. The predicted octanol–water partition coefficient (Wildman–Crippen LogP) is 4.78. The SMILES string of the molecule is CC.COc1cnc(CCSNc2nnc(-c3cncc(C)c3)n2-c2c(OC)cccc2OC)cn1. The van der Waals surface area contributed by atoms with Crippen molar-refractivity contribution in [3.05, 3.63) is 60.3 Å². The van der Waals surface area contributed by atoms with E-state index < -0.39 is 0 Å². The van der Waals surface area contributed by atoms with Crippen molar-refractivity contribution in [3.8, 4) is 34.5 Å². The van der Waals surface area contributed by atoms with Crippen molar-refractivity contribution >= 4 is 17.9 Å². The largest absolute Gasteiger partial charge is 0.494 e. The van der Waals surface area contributed by atoms with Crippen LogP contribution in [0.25, 0.3) is 17.1 Å². The minimum absolute atomic E-state index is 0.492. The lowest BCUT2D eigenvalue weighted by Crippen LogP contribution is -2.07. The van der Waals surface area contributed by atoms with Crippen LogP contribution in [0.1, 0.15) is 25.1 Å². The number of para-hydroxylation sites is 1. The van der Waals surface area contributed by atoms with Gasteiger partial charge in [-0.15, -0.1) is 10.2 Å². The summed E-state index contributed by atoms with van der Waals surface area (Å²) in [4.78, 5) is 12.9. The molecule has 0 amide bonds. The summed E-state index contributed by atoms with van der Waals surface area (Å²) >= 11 is 1.49. The Bertz CT molecular complexity index is 1230. The van der Waals surface area contributed by atoms with E-state index in [-0.39, 0.29) is 0 Å². The number of hydrogen-bond acceptors (Lipinski definition) is 10. The quantitative estimate of drug-likeness (QED) is 0.237. The molecule has 0 saturated heterocycles. The van der Waals surface area contributed by atoms with Gasteiger partial charge in [-0.05, 0) is 42.6 Å². The van der Waals surface area contributed by atoms with Crippen molar-refractivity contribution in [2.45, 2.75) is 27.2 Å². The van der Waals surface area contributed by atoms with E-state index in [0.29, 0.717) is 34.8 Å². The van der Waals surface area contributed by atoms with Crippen molar-refractivity contribution < 1.29 is 14.2 Å². The summed E-state index contributed by atoms with van der Waals surface area (Å²) in [6.45, 7) is 5.98. The van der Waals surface area contributed by atoms with Gasteiger partial charge < -0.3 is 14.2 Å². The number of rotatable bonds is 10. The van der Waals surface area contributed by atoms with Gasteiger partial charge in [0.25, 0.3) is 0 Å². The monoisotopic (exact) mass is 509 g/mol. The zero-order chi connectivity index (χ0) is 25.9. The van der Waals surface area contributed by atoms with Crippen molar-refractivity contribution in [3.63, 3.8) is 0 Å². The number of methoxy groups -OCH3 is 3. The Hall–Kier alpha value is -3.86. The first kappa shape index (κ1) is 26.7. The molecule has 36 heavy (non-hydrogen) atoms. The molecule has 0 aliphatic rings. The van der Waals surface area contributed by atoms with Gasteiger partial charge in [0, 0.05) is 30.1 Å². The molecule has 4 aromatic rings. The molecule has 4 rings (SSSR count). The van der Waals surface area contributed by atoms with Gasteiger partial charge in [0.15, 0.2) is 5.82 Å². The van der Waals surface area contributed by atoms with Gasteiger partial charge in [-0.1, -0.05) is 19.9 Å². The van der Waals surface area contributed by atoms with Crippen molar-refractivity contribution in [1.29, 1.82) is 0 Å². The second kappa shape index (κ2) is 13.3. The van der Waals surface area contributed by atoms with Crippen LogP contribution in [0.3, 0.4) is 0 Å². The molecule has 0 radical (unpaired) electrons. The zero-order valence-electron chi connectivity index (χ0n) is 21.3. The molecule has 0 unspecified atom stereocenters. The molecule has 3 aromatic heterocycles. The average Bonchev–Trinajstić information content (AvgIpc) is 3.35.